The predicted octanol–water partition coefficient (Wildman–Crippen LogP) is 2.46. The molecule has 0 aliphatic carbocycles. The van der Waals surface area contributed by atoms with E-state index in [1.807, 2.05) is 0 Å². The van der Waals surface area contributed by atoms with Crippen molar-refractivity contribution >= 4 is 34.5 Å². The van der Waals surface area contributed by atoms with Crippen LogP contribution in [0.4, 0.5) is 4.39 Å². The van der Waals surface area contributed by atoms with Gasteiger partial charge in [0.1, 0.15) is 12.7 Å². The van der Waals surface area contributed by atoms with Crippen molar-refractivity contribution in [2.24, 2.45) is 0 Å². The quantitative estimate of drug-likeness (QED) is 0.352. The van der Waals surface area contributed by atoms with E-state index in [9.17, 15) is 19.2 Å². The first-order chi connectivity index (χ1) is 16.3. The Bertz CT molecular complexity index is 1300. The standard InChI is InChI=1S/C23H18FIN2O7/c24-17-18(34-22(30)14-9-5-2-6-10-14)16(12-32-21(29)13-7-3-1-4-8-13)33-20(17)27-11-15(25)19(28)26-23(27)31/h1-11,16-18,20H,12H2,(H,26,28,31)/t16-,17+,18-,20-/m1/s1. The minimum atomic E-state index is -1.99. The number of benzene rings is 2. The molecule has 9 nitrogen and oxygen atoms in total. The Hall–Kier alpha value is -3.32. The Morgan fingerprint density at radius 1 is 1.00 bits per heavy atom. The van der Waals surface area contributed by atoms with E-state index in [1.165, 1.54) is 12.1 Å². The van der Waals surface area contributed by atoms with Gasteiger partial charge in [0.2, 0.25) is 0 Å². The summed E-state index contributed by atoms with van der Waals surface area (Å²) in [5.41, 5.74) is -1.06. The monoisotopic (exact) mass is 580 g/mol. The molecule has 34 heavy (non-hydrogen) atoms. The van der Waals surface area contributed by atoms with E-state index in [4.69, 9.17) is 14.2 Å². The zero-order chi connectivity index (χ0) is 24.2. The van der Waals surface area contributed by atoms with Crippen molar-refractivity contribution in [2.75, 3.05) is 6.61 Å². The Balaban J connectivity index is 1.59. The van der Waals surface area contributed by atoms with Gasteiger partial charge in [0.25, 0.3) is 5.56 Å². The number of halogens is 2. The second kappa shape index (κ2) is 10.3. The lowest BCUT2D eigenvalue weighted by Crippen LogP contribution is -2.39. The number of esters is 2. The van der Waals surface area contributed by atoms with Crippen LogP contribution < -0.4 is 11.2 Å². The number of aromatic amines is 1. The molecule has 1 N–H and O–H groups in total. The van der Waals surface area contributed by atoms with Crippen LogP contribution in [0.5, 0.6) is 0 Å². The lowest BCUT2D eigenvalue weighted by Gasteiger charge is -2.19. The van der Waals surface area contributed by atoms with Crippen LogP contribution in [0.1, 0.15) is 26.9 Å². The summed E-state index contributed by atoms with van der Waals surface area (Å²) in [6.07, 6.45) is -5.07. The zero-order valence-electron chi connectivity index (χ0n) is 17.4. The minimum absolute atomic E-state index is 0.129. The first-order valence-electron chi connectivity index (χ1n) is 10.1. The number of carbonyl (C=O) groups is 2. The molecule has 1 saturated heterocycles. The van der Waals surface area contributed by atoms with Crippen LogP contribution in [0.25, 0.3) is 0 Å². The van der Waals surface area contributed by atoms with Gasteiger partial charge in [-0.15, -0.1) is 0 Å². The number of carbonyl (C=O) groups excluding carboxylic acids is 2. The molecule has 0 radical (unpaired) electrons. The van der Waals surface area contributed by atoms with Gasteiger partial charge in [-0.1, -0.05) is 36.4 Å². The third kappa shape index (κ3) is 5.09. The molecular weight excluding hydrogens is 562 g/mol. The molecule has 0 spiro atoms. The average molecular weight is 580 g/mol. The molecule has 4 atom stereocenters. The van der Waals surface area contributed by atoms with Crippen molar-refractivity contribution in [3.05, 3.63) is 102 Å². The molecule has 1 aliphatic rings. The number of hydrogen-bond acceptors (Lipinski definition) is 7. The molecule has 1 fully saturated rings. The van der Waals surface area contributed by atoms with Crippen LogP contribution in [0.3, 0.4) is 0 Å². The molecule has 0 amide bonds. The fourth-order valence-corrected chi connectivity index (χ4v) is 3.86. The highest BCUT2D eigenvalue weighted by atomic mass is 127. The third-order valence-electron chi connectivity index (χ3n) is 5.11. The van der Waals surface area contributed by atoms with Gasteiger partial charge in [0.15, 0.2) is 18.5 Å². The smallest absolute Gasteiger partial charge is 0.338 e. The highest BCUT2D eigenvalue weighted by molar-refractivity contribution is 14.1. The molecule has 11 heteroatoms. The van der Waals surface area contributed by atoms with Crippen molar-refractivity contribution in [3.8, 4) is 0 Å². The average Bonchev–Trinajstić information content (AvgIpc) is 3.15. The lowest BCUT2D eigenvalue weighted by molar-refractivity contribution is -0.0592. The van der Waals surface area contributed by atoms with Gasteiger partial charge in [0.05, 0.1) is 14.7 Å². The summed E-state index contributed by atoms with van der Waals surface area (Å²) in [6, 6.07) is 16.1. The van der Waals surface area contributed by atoms with E-state index in [0.717, 1.165) is 10.8 Å². The van der Waals surface area contributed by atoms with Gasteiger partial charge in [-0.2, -0.15) is 0 Å². The topological polar surface area (TPSA) is 117 Å². The minimum Gasteiger partial charge on any atom is -0.459 e. The normalized spacial score (nSPS) is 21.7. The molecular formula is C23H18FIN2O7. The van der Waals surface area contributed by atoms with Crippen molar-refractivity contribution in [2.45, 2.75) is 24.6 Å². The number of alkyl halides is 1. The zero-order valence-corrected chi connectivity index (χ0v) is 19.6. The van der Waals surface area contributed by atoms with Crippen molar-refractivity contribution in [1.82, 2.24) is 9.55 Å². The van der Waals surface area contributed by atoms with E-state index in [0.29, 0.717) is 0 Å². The third-order valence-corrected chi connectivity index (χ3v) is 5.87. The molecule has 0 bridgehead atoms. The summed E-state index contributed by atoms with van der Waals surface area (Å²) in [5.74, 6) is -1.48. The molecule has 2 heterocycles. The Morgan fingerprint density at radius 3 is 2.21 bits per heavy atom. The summed E-state index contributed by atoms with van der Waals surface area (Å²) in [4.78, 5) is 51.0. The Morgan fingerprint density at radius 2 is 1.59 bits per heavy atom. The van der Waals surface area contributed by atoms with Crippen LogP contribution >= 0.6 is 22.6 Å². The molecule has 0 unspecified atom stereocenters. The molecule has 3 aromatic rings. The van der Waals surface area contributed by atoms with Crippen LogP contribution in [-0.2, 0) is 14.2 Å². The second-order valence-electron chi connectivity index (χ2n) is 7.35. The number of ether oxygens (including phenoxy) is 3. The van der Waals surface area contributed by atoms with Gasteiger partial charge in [0, 0.05) is 6.20 Å². The molecule has 0 saturated carbocycles. The molecule has 1 aliphatic heterocycles. The molecule has 176 valence electrons. The second-order valence-corrected chi connectivity index (χ2v) is 8.52. The fraction of sp³-hybridized carbons (Fsp3) is 0.217. The first kappa shape index (κ1) is 23.8. The molecule has 1 aromatic heterocycles. The van der Waals surface area contributed by atoms with E-state index >= 15 is 4.39 Å². The number of aromatic nitrogens is 2. The largest absolute Gasteiger partial charge is 0.459 e. The summed E-state index contributed by atoms with van der Waals surface area (Å²) in [6.45, 7) is -0.438. The fourth-order valence-electron chi connectivity index (χ4n) is 3.42. The van der Waals surface area contributed by atoms with E-state index in [-0.39, 0.29) is 14.7 Å². The molecule has 4 rings (SSSR count). The maximum Gasteiger partial charge on any atom is 0.338 e. The lowest BCUT2D eigenvalue weighted by atomic mass is 10.1. The predicted molar refractivity (Wildman–Crippen MR) is 125 cm³/mol. The van der Waals surface area contributed by atoms with Crippen molar-refractivity contribution in [1.29, 1.82) is 0 Å². The van der Waals surface area contributed by atoms with Crippen LogP contribution in [0.15, 0.2) is 76.4 Å². The number of rotatable bonds is 6. The van der Waals surface area contributed by atoms with Gasteiger partial charge in [-0.25, -0.2) is 18.8 Å². The number of H-pyrrole nitrogens is 1. The summed E-state index contributed by atoms with van der Waals surface area (Å²) >= 11 is 1.69. The van der Waals surface area contributed by atoms with E-state index in [2.05, 4.69) is 4.98 Å². The Labute approximate surface area is 205 Å². The number of nitrogens with one attached hydrogen (secondary N) is 1. The highest BCUT2D eigenvalue weighted by Crippen LogP contribution is 2.34. The maximum atomic E-state index is 15.5. The van der Waals surface area contributed by atoms with Gasteiger partial charge < -0.3 is 14.2 Å². The summed E-state index contributed by atoms with van der Waals surface area (Å²) in [5, 5.41) is 0. The van der Waals surface area contributed by atoms with Gasteiger partial charge in [-0.3, -0.25) is 14.3 Å². The SMILES string of the molecule is O=C(OC[C@H]1O[C@@H](n2cc(I)c(=O)[nH]c2=O)[C@@H](F)[C@@H]1OC(=O)c1ccccc1)c1ccccc1. The van der Waals surface area contributed by atoms with Crippen LogP contribution in [0, 0.1) is 3.57 Å². The van der Waals surface area contributed by atoms with Crippen LogP contribution in [-0.4, -0.2) is 46.5 Å². The van der Waals surface area contributed by atoms with E-state index < -0.39 is 54.4 Å². The number of nitrogens with zero attached hydrogens (tertiary/aromatic N) is 1. The summed E-state index contributed by atoms with van der Waals surface area (Å²) < 4.78 is 32.9. The van der Waals surface area contributed by atoms with Crippen molar-refractivity contribution in [3.63, 3.8) is 0 Å². The maximum absolute atomic E-state index is 15.5. The van der Waals surface area contributed by atoms with Crippen molar-refractivity contribution < 1.29 is 28.2 Å². The first-order valence-corrected chi connectivity index (χ1v) is 11.2. The van der Waals surface area contributed by atoms with Gasteiger partial charge >= 0.3 is 17.6 Å². The van der Waals surface area contributed by atoms with Crippen LogP contribution in [0.2, 0.25) is 0 Å². The highest BCUT2D eigenvalue weighted by Gasteiger charge is 2.49. The van der Waals surface area contributed by atoms with E-state index in [1.54, 1.807) is 71.1 Å². The Kier molecular flexibility index (Phi) is 7.22. The van der Waals surface area contributed by atoms with Gasteiger partial charge in [-0.05, 0) is 46.9 Å². The number of hydrogen-bond donors (Lipinski definition) is 1. The summed E-state index contributed by atoms with van der Waals surface area (Å²) in [7, 11) is 0. The molecule has 2 aromatic carbocycles.